The third-order valence-electron chi connectivity index (χ3n) is 2.97. The quantitative estimate of drug-likeness (QED) is 0.709. The van der Waals surface area contributed by atoms with E-state index in [9.17, 15) is 9.59 Å². The van der Waals surface area contributed by atoms with Gasteiger partial charge in [0.25, 0.3) is 0 Å². The van der Waals surface area contributed by atoms with E-state index >= 15 is 0 Å². The van der Waals surface area contributed by atoms with Crippen molar-refractivity contribution in [1.82, 2.24) is 0 Å². The molecule has 0 radical (unpaired) electrons. The van der Waals surface area contributed by atoms with Gasteiger partial charge in [-0.1, -0.05) is 0 Å². The number of amides is 2. The largest absolute Gasteiger partial charge is 0.495 e. The monoisotopic (exact) mass is 249 g/mol. The molecule has 18 heavy (non-hydrogen) atoms. The number of hydrogen-bond donors (Lipinski definition) is 3. The summed E-state index contributed by atoms with van der Waals surface area (Å²) in [5.41, 5.74) is 10.9. The molecule has 0 atom stereocenters. The van der Waals surface area contributed by atoms with E-state index in [-0.39, 0.29) is 5.91 Å². The van der Waals surface area contributed by atoms with E-state index in [0.29, 0.717) is 29.8 Å². The SMILES string of the molecule is COc1ccc(C(N)=O)cc1NC(=O)C1(N)CC1. The van der Waals surface area contributed by atoms with Crippen LogP contribution in [0.5, 0.6) is 5.75 Å². The lowest BCUT2D eigenvalue weighted by molar-refractivity contribution is -0.118. The van der Waals surface area contributed by atoms with Gasteiger partial charge in [-0.25, -0.2) is 0 Å². The van der Waals surface area contributed by atoms with Gasteiger partial charge in [0.05, 0.1) is 18.3 Å². The highest BCUT2D eigenvalue weighted by Crippen LogP contribution is 2.35. The van der Waals surface area contributed by atoms with Crippen molar-refractivity contribution in [3.63, 3.8) is 0 Å². The molecular formula is C12H15N3O3. The minimum Gasteiger partial charge on any atom is -0.495 e. The summed E-state index contributed by atoms with van der Waals surface area (Å²) >= 11 is 0. The topological polar surface area (TPSA) is 107 Å². The summed E-state index contributed by atoms with van der Waals surface area (Å²) < 4.78 is 5.11. The average Bonchev–Trinajstić information content (AvgIpc) is 3.08. The van der Waals surface area contributed by atoms with Crippen LogP contribution in [-0.4, -0.2) is 24.5 Å². The number of nitrogens with one attached hydrogen (secondary N) is 1. The maximum Gasteiger partial charge on any atom is 0.248 e. The smallest absolute Gasteiger partial charge is 0.248 e. The second kappa shape index (κ2) is 4.30. The predicted molar refractivity (Wildman–Crippen MR) is 66.3 cm³/mol. The minimum atomic E-state index is -0.784. The van der Waals surface area contributed by atoms with Crippen molar-refractivity contribution in [2.45, 2.75) is 18.4 Å². The van der Waals surface area contributed by atoms with Crippen LogP contribution in [0.15, 0.2) is 18.2 Å². The Kier molecular flexibility index (Phi) is 2.96. The maximum atomic E-state index is 11.8. The van der Waals surface area contributed by atoms with Crippen LogP contribution in [0.25, 0.3) is 0 Å². The first kappa shape index (κ1) is 12.4. The molecule has 1 saturated carbocycles. The van der Waals surface area contributed by atoms with Gasteiger partial charge in [-0.15, -0.1) is 0 Å². The molecule has 2 rings (SSSR count). The Balaban J connectivity index is 2.26. The van der Waals surface area contributed by atoms with Crippen LogP contribution < -0.4 is 21.5 Å². The molecule has 0 aliphatic heterocycles. The Morgan fingerprint density at radius 2 is 2.06 bits per heavy atom. The Labute approximate surface area is 104 Å². The number of primary amides is 1. The lowest BCUT2D eigenvalue weighted by Crippen LogP contribution is -2.37. The summed E-state index contributed by atoms with van der Waals surface area (Å²) in [7, 11) is 1.48. The number of ether oxygens (including phenoxy) is 1. The number of anilines is 1. The molecule has 0 heterocycles. The summed E-state index contributed by atoms with van der Waals surface area (Å²) in [5.74, 6) is -0.387. The second-order valence-electron chi connectivity index (χ2n) is 4.39. The van der Waals surface area contributed by atoms with Gasteiger partial charge >= 0.3 is 0 Å². The normalized spacial score (nSPS) is 15.9. The molecule has 6 heteroatoms. The zero-order chi connectivity index (χ0) is 13.3. The van der Waals surface area contributed by atoms with Crippen LogP contribution in [0.2, 0.25) is 0 Å². The number of carbonyl (C=O) groups is 2. The first-order valence-corrected chi connectivity index (χ1v) is 5.54. The lowest BCUT2D eigenvalue weighted by atomic mass is 10.1. The molecule has 1 aliphatic rings. The van der Waals surface area contributed by atoms with Gasteiger partial charge in [0, 0.05) is 5.56 Å². The van der Waals surface area contributed by atoms with Crippen LogP contribution in [-0.2, 0) is 4.79 Å². The van der Waals surface area contributed by atoms with Crippen molar-refractivity contribution in [2.24, 2.45) is 11.5 Å². The van der Waals surface area contributed by atoms with E-state index in [2.05, 4.69) is 5.32 Å². The third kappa shape index (κ3) is 2.28. The zero-order valence-electron chi connectivity index (χ0n) is 10.0. The first-order valence-electron chi connectivity index (χ1n) is 5.54. The van der Waals surface area contributed by atoms with E-state index in [1.807, 2.05) is 0 Å². The highest BCUT2D eigenvalue weighted by molar-refractivity contribution is 6.02. The van der Waals surface area contributed by atoms with E-state index in [0.717, 1.165) is 0 Å². The third-order valence-corrected chi connectivity index (χ3v) is 2.97. The number of carbonyl (C=O) groups excluding carboxylic acids is 2. The average molecular weight is 249 g/mol. The van der Waals surface area contributed by atoms with Crippen LogP contribution in [0.3, 0.4) is 0 Å². The van der Waals surface area contributed by atoms with Gasteiger partial charge in [-0.2, -0.15) is 0 Å². The fourth-order valence-corrected chi connectivity index (χ4v) is 1.57. The molecule has 0 bridgehead atoms. The Morgan fingerprint density at radius 3 is 2.56 bits per heavy atom. The summed E-state index contributed by atoms with van der Waals surface area (Å²) in [6, 6.07) is 4.59. The molecule has 2 amide bonds. The number of benzene rings is 1. The summed E-state index contributed by atoms with van der Waals surface area (Å²) in [4.78, 5) is 22.9. The molecule has 1 aromatic carbocycles. The molecule has 96 valence electrons. The molecule has 5 N–H and O–H groups in total. The number of nitrogens with two attached hydrogens (primary N) is 2. The highest BCUT2D eigenvalue weighted by Gasteiger charge is 2.46. The van der Waals surface area contributed by atoms with Crippen molar-refractivity contribution in [3.05, 3.63) is 23.8 Å². The highest BCUT2D eigenvalue weighted by atomic mass is 16.5. The van der Waals surface area contributed by atoms with Crippen LogP contribution in [0.1, 0.15) is 23.2 Å². The summed E-state index contributed by atoms with van der Waals surface area (Å²) in [6.45, 7) is 0. The van der Waals surface area contributed by atoms with Gasteiger partial charge in [0.2, 0.25) is 11.8 Å². The van der Waals surface area contributed by atoms with E-state index in [4.69, 9.17) is 16.2 Å². The molecule has 1 aromatic rings. The van der Waals surface area contributed by atoms with Gasteiger partial charge in [0.15, 0.2) is 0 Å². The minimum absolute atomic E-state index is 0.276. The fourth-order valence-electron chi connectivity index (χ4n) is 1.57. The van der Waals surface area contributed by atoms with Gasteiger partial charge in [-0.05, 0) is 31.0 Å². The number of rotatable bonds is 4. The molecule has 1 aliphatic carbocycles. The van der Waals surface area contributed by atoms with Crippen LogP contribution >= 0.6 is 0 Å². The van der Waals surface area contributed by atoms with E-state index in [1.165, 1.54) is 19.2 Å². The summed E-state index contributed by atoms with van der Waals surface area (Å²) in [6.07, 6.45) is 1.33. The maximum absolute atomic E-state index is 11.8. The van der Waals surface area contributed by atoms with Gasteiger partial charge in [0.1, 0.15) is 5.75 Å². The van der Waals surface area contributed by atoms with E-state index in [1.54, 1.807) is 6.07 Å². The zero-order valence-corrected chi connectivity index (χ0v) is 10.0. The molecule has 6 nitrogen and oxygen atoms in total. The molecule has 1 fully saturated rings. The predicted octanol–water partition coefficient (Wildman–Crippen LogP) is 0.224. The Bertz CT molecular complexity index is 509. The van der Waals surface area contributed by atoms with Crippen molar-refractivity contribution in [3.8, 4) is 5.75 Å². The molecule has 0 unspecified atom stereocenters. The number of methoxy groups -OCH3 is 1. The molecule has 0 aromatic heterocycles. The van der Waals surface area contributed by atoms with Gasteiger partial charge < -0.3 is 21.5 Å². The van der Waals surface area contributed by atoms with Crippen molar-refractivity contribution < 1.29 is 14.3 Å². The Hall–Kier alpha value is -2.08. The first-order chi connectivity index (χ1) is 8.46. The standard InChI is InChI=1S/C12H15N3O3/c1-18-9-3-2-7(10(13)16)6-8(9)15-11(17)12(14)4-5-12/h2-3,6H,4-5,14H2,1H3,(H2,13,16)(H,15,17). The number of hydrogen-bond acceptors (Lipinski definition) is 4. The van der Waals surface area contributed by atoms with Gasteiger partial charge in [-0.3, -0.25) is 9.59 Å². The molecule has 0 spiro atoms. The Morgan fingerprint density at radius 1 is 1.39 bits per heavy atom. The van der Waals surface area contributed by atoms with Crippen molar-refractivity contribution >= 4 is 17.5 Å². The van der Waals surface area contributed by atoms with E-state index < -0.39 is 11.4 Å². The molecule has 0 saturated heterocycles. The second-order valence-corrected chi connectivity index (χ2v) is 4.39. The molecular weight excluding hydrogens is 234 g/mol. The van der Waals surface area contributed by atoms with Crippen molar-refractivity contribution in [1.29, 1.82) is 0 Å². The van der Waals surface area contributed by atoms with Crippen LogP contribution in [0.4, 0.5) is 5.69 Å². The fraction of sp³-hybridized carbons (Fsp3) is 0.333. The lowest BCUT2D eigenvalue weighted by Gasteiger charge is -2.13. The summed E-state index contributed by atoms with van der Waals surface area (Å²) in [5, 5.41) is 2.66. The van der Waals surface area contributed by atoms with Crippen molar-refractivity contribution in [2.75, 3.05) is 12.4 Å². The van der Waals surface area contributed by atoms with Crippen LogP contribution in [0, 0.1) is 0 Å².